The zero-order valence-electron chi connectivity index (χ0n) is 18.1. The van der Waals surface area contributed by atoms with Crippen molar-refractivity contribution in [3.05, 3.63) is 59.4 Å². The maximum Gasteiger partial charge on any atom is 0.341 e. The molecule has 31 heavy (non-hydrogen) atoms. The van der Waals surface area contributed by atoms with Crippen molar-refractivity contribution in [1.29, 1.82) is 0 Å². The molecule has 1 saturated heterocycles. The van der Waals surface area contributed by atoms with E-state index in [2.05, 4.69) is 5.32 Å². The smallest absolute Gasteiger partial charge is 0.341 e. The quantitative estimate of drug-likeness (QED) is 0.657. The normalized spacial score (nSPS) is 16.3. The number of amides is 1. The van der Waals surface area contributed by atoms with Crippen LogP contribution in [0.5, 0.6) is 5.75 Å². The second-order valence-corrected chi connectivity index (χ2v) is 7.69. The Hall–Kier alpha value is -2.93. The molecule has 2 aromatic rings. The van der Waals surface area contributed by atoms with Crippen LogP contribution in [-0.2, 0) is 19.7 Å². The van der Waals surface area contributed by atoms with Gasteiger partial charge in [-0.2, -0.15) is 0 Å². The highest BCUT2D eigenvalue weighted by Crippen LogP contribution is 2.37. The predicted molar refractivity (Wildman–Crippen MR) is 115 cm³/mol. The van der Waals surface area contributed by atoms with E-state index < -0.39 is 11.4 Å². The molecular weight excluding hydrogens is 401 g/mol. The minimum Gasteiger partial charge on any atom is -0.490 e. The molecule has 1 atom stereocenters. The molecule has 166 valence electrons. The summed E-state index contributed by atoms with van der Waals surface area (Å²) in [6.07, 6.45) is 1.65. The highest BCUT2D eigenvalue weighted by atomic mass is 19.1. The summed E-state index contributed by atoms with van der Waals surface area (Å²) in [6.45, 7) is 4.76. The highest BCUT2D eigenvalue weighted by molar-refractivity contribution is 6.01. The number of hydrogen-bond donors (Lipinski definition) is 1. The average molecular weight is 429 g/mol. The number of ether oxygens (including phenoxy) is 3. The van der Waals surface area contributed by atoms with Crippen LogP contribution in [0.2, 0.25) is 0 Å². The Bertz CT molecular complexity index is 922. The Morgan fingerprint density at radius 2 is 1.84 bits per heavy atom. The van der Waals surface area contributed by atoms with Gasteiger partial charge in [0.05, 0.1) is 18.6 Å². The zero-order valence-corrected chi connectivity index (χ0v) is 18.1. The predicted octanol–water partition coefficient (Wildman–Crippen LogP) is 4.48. The van der Waals surface area contributed by atoms with Gasteiger partial charge in [-0.05, 0) is 62.1 Å². The Kier molecular flexibility index (Phi) is 7.28. The summed E-state index contributed by atoms with van der Waals surface area (Å²) >= 11 is 0. The molecule has 6 nitrogen and oxygen atoms in total. The largest absolute Gasteiger partial charge is 0.490 e. The Morgan fingerprint density at radius 3 is 2.45 bits per heavy atom. The van der Waals surface area contributed by atoms with Crippen LogP contribution in [0.4, 0.5) is 10.1 Å². The standard InChI is InChI=1S/C24H28FNO5/c1-4-16(2)31-21-10-9-19(15-20(21)22(27)29-3)26-23(28)24(11-13-30-14-12-24)17-5-7-18(25)8-6-17/h5-10,15-16H,4,11-14H2,1-3H3,(H,26,28). The van der Waals surface area contributed by atoms with Gasteiger partial charge in [0.1, 0.15) is 17.1 Å². The minimum atomic E-state index is -0.844. The Morgan fingerprint density at radius 1 is 1.16 bits per heavy atom. The van der Waals surface area contributed by atoms with Gasteiger partial charge >= 0.3 is 5.97 Å². The molecule has 0 radical (unpaired) electrons. The monoisotopic (exact) mass is 429 g/mol. The van der Waals surface area contributed by atoms with Crippen LogP contribution in [0.15, 0.2) is 42.5 Å². The van der Waals surface area contributed by atoms with Crippen LogP contribution in [0, 0.1) is 5.82 Å². The number of carbonyl (C=O) groups is 2. The van der Waals surface area contributed by atoms with E-state index in [0.29, 0.717) is 37.5 Å². The third-order valence-electron chi connectivity index (χ3n) is 5.72. The summed E-state index contributed by atoms with van der Waals surface area (Å²) in [5.41, 5.74) is 0.585. The van der Waals surface area contributed by atoms with Gasteiger partial charge in [0, 0.05) is 18.9 Å². The summed E-state index contributed by atoms with van der Waals surface area (Å²) in [6, 6.07) is 10.9. The first-order valence-electron chi connectivity index (χ1n) is 10.4. The van der Waals surface area contributed by atoms with Gasteiger partial charge in [0.25, 0.3) is 0 Å². The van der Waals surface area contributed by atoms with Crippen molar-refractivity contribution in [1.82, 2.24) is 0 Å². The number of halogens is 1. The molecule has 1 fully saturated rings. The van der Waals surface area contributed by atoms with E-state index in [1.165, 1.54) is 19.2 Å². The number of benzene rings is 2. The Balaban J connectivity index is 1.91. The van der Waals surface area contributed by atoms with Gasteiger partial charge in [0.15, 0.2) is 0 Å². The molecule has 1 aliphatic heterocycles. The summed E-state index contributed by atoms with van der Waals surface area (Å²) in [5.74, 6) is -0.730. The molecule has 1 amide bonds. The molecule has 1 heterocycles. The number of rotatable bonds is 7. The fraction of sp³-hybridized carbons (Fsp3) is 0.417. The molecular formula is C24H28FNO5. The molecule has 1 unspecified atom stereocenters. The van der Waals surface area contributed by atoms with Gasteiger partial charge in [-0.25, -0.2) is 9.18 Å². The lowest BCUT2D eigenvalue weighted by Crippen LogP contribution is -2.44. The number of carbonyl (C=O) groups excluding carboxylic acids is 2. The number of hydrogen-bond acceptors (Lipinski definition) is 5. The first kappa shape index (κ1) is 22.7. The van der Waals surface area contributed by atoms with Crippen molar-refractivity contribution >= 4 is 17.6 Å². The summed E-state index contributed by atoms with van der Waals surface area (Å²) in [5, 5.41) is 2.93. The van der Waals surface area contributed by atoms with Crippen molar-refractivity contribution in [3.8, 4) is 5.75 Å². The number of esters is 1. The topological polar surface area (TPSA) is 73.9 Å². The molecule has 3 rings (SSSR count). The van der Waals surface area contributed by atoms with E-state index in [1.54, 1.807) is 30.3 Å². The van der Waals surface area contributed by atoms with Crippen molar-refractivity contribution in [3.63, 3.8) is 0 Å². The third kappa shape index (κ3) is 5.05. The van der Waals surface area contributed by atoms with E-state index >= 15 is 0 Å². The first-order chi connectivity index (χ1) is 14.9. The van der Waals surface area contributed by atoms with Crippen molar-refractivity contribution in [2.45, 2.75) is 44.6 Å². The second-order valence-electron chi connectivity index (χ2n) is 7.69. The molecule has 7 heteroatoms. The van der Waals surface area contributed by atoms with Gasteiger partial charge in [-0.3, -0.25) is 4.79 Å². The van der Waals surface area contributed by atoms with E-state index in [-0.39, 0.29) is 23.4 Å². The minimum absolute atomic E-state index is 0.0761. The van der Waals surface area contributed by atoms with Crippen LogP contribution in [0.25, 0.3) is 0 Å². The van der Waals surface area contributed by atoms with Gasteiger partial charge in [-0.1, -0.05) is 19.1 Å². The number of anilines is 1. The number of nitrogens with one attached hydrogen (secondary N) is 1. The van der Waals surface area contributed by atoms with Gasteiger partial charge < -0.3 is 19.5 Å². The molecule has 0 saturated carbocycles. The first-order valence-corrected chi connectivity index (χ1v) is 10.4. The second kappa shape index (κ2) is 9.92. The fourth-order valence-electron chi connectivity index (χ4n) is 3.67. The highest BCUT2D eigenvalue weighted by Gasteiger charge is 2.41. The molecule has 0 spiro atoms. The maximum atomic E-state index is 13.5. The molecule has 0 aromatic heterocycles. The van der Waals surface area contributed by atoms with Crippen LogP contribution in [-0.4, -0.2) is 38.3 Å². The van der Waals surface area contributed by atoms with Gasteiger partial charge in [-0.15, -0.1) is 0 Å². The average Bonchev–Trinajstić information content (AvgIpc) is 2.80. The van der Waals surface area contributed by atoms with Gasteiger partial charge in [0.2, 0.25) is 5.91 Å². The summed E-state index contributed by atoms with van der Waals surface area (Å²) in [4.78, 5) is 25.7. The SMILES string of the molecule is CCC(C)Oc1ccc(NC(=O)C2(c3ccc(F)cc3)CCOCC2)cc1C(=O)OC. The lowest BCUT2D eigenvalue weighted by molar-refractivity contribution is -0.125. The van der Waals surface area contributed by atoms with Crippen LogP contribution < -0.4 is 10.1 Å². The van der Waals surface area contributed by atoms with E-state index in [9.17, 15) is 14.0 Å². The van der Waals surface area contributed by atoms with Crippen LogP contribution >= 0.6 is 0 Å². The van der Waals surface area contributed by atoms with Crippen molar-refractivity contribution < 1.29 is 28.2 Å². The lowest BCUT2D eigenvalue weighted by Gasteiger charge is -2.36. The zero-order chi connectivity index (χ0) is 22.4. The van der Waals surface area contributed by atoms with Crippen LogP contribution in [0.1, 0.15) is 49.0 Å². The molecule has 2 aromatic carbocycles. The Labute approximate surface area is 181 Å². The third-order valence-corrected chi connectivity index (χ3v) is 5.72. The van der Waals surface area contributed by atoms with E-state index in [4.69, 9.17) is 14.2 Å². The molecule has 1 N–H and O–H groups in total. The molecule has 0 aliphatic carbocycles. The number of methoxy groups -OCH3 is 1. The fourth-order valence-corrected chi connectivity index (χ4v) is 3.67. The van der Waals surface area contributed by atoms with Crippen molar-refractivity contribution in [2.75, 3.05) is 25.6 Å². The van der Waals surface area contributed by atoms with E-state index in [1.807, 2.05) is 13.8 Å². The summed E-state index contributed by atoms with van der Waals surface area (Å²) < 4.78 is 29.6. The summed E-state index contributed by atoms with van der Waals surface area (Å²) in [7, 11) is 1.30. The van der Waals surface area contributed by atoms with E-state index in [0.717, 1.165) is 12.0 Å². The molecule has 0 bridgehead atoms. The maximum absolute atomic E-state index is 13.5. The lowest BCUT2D eigenvalue weighted by atomic mass is 9.73. The molecule has 1 aliphatic rings. The van der Waals surface area contributed by atoms with Crippen LogP contribution in [0.3, 0.4) is 0 Å². The van der Waals surface area contributed by atoms with Crippen molar-refractivity contribution in [2.24, 2.45) is 0 Å².